The number of hydrogen-bond acceptors (Lipinski definition) is 2. The van der Waals surface area contributed by atoms with Crippen LogP contribution in [0, 0.1) is 5.82 Å². The maximum atomic E-state index is 12.9. The Balaban J connectivity index is 1.96. The van der Waals surface area contributed by atoms with E-state index in [-0.39, 0.29) is 17.6 Å². The summed E-state index contributed by atoms with van der Waals surface area (Å²) in [5, 5.41) is 2.83. The van der Waals surface area contributed by atoms with Gasteiger partial charge in [0.05, 0.1) is 0 Å². The number of halogens is 1. The van der Waals surface area contributed by atoms with E-state index in [1.165, 1.54) is 12.1 Å². The molecule has 0 heterocycles. The van der Waals surface area contributed by atoms with E-state index in [1.54, 1.807) is 41.3 Å². The predicted octanol–water partition coefficient (Wildman–Crippen LogP) is 3.28. The van der Waals surface area contributed by atoms with E-state index in [1.807, 2.05) is 13.8 Å². The lowest BCUT2D eigenvalue weighted by Crippen LogP contribution is -2.31. The van der Waals surface area contributed by atoms with Gasteiger partial charge in [-0.3, -0.25) is 9.59 Å². The van der Waals surface area contributed by atoms with Crippen LogP contribution >= 0.6 is 0 Å². The lowest BCUT2D eigenvalue weighted by atomic mass is 10.1. The zero-order valence-corrected chi connectivity index (χ0v) is 14.6. The van der Waals surface area contributed by atoms with E-state index in [0.717, 1.165) is 5.56 Å². The van der Waals surface area contributed by atoms with Gasteiger partial charge in [0.25, 0.3) is 11.8 Å². The number of rotatable bonds is 7. The topological polar surface area (TPSA) is 49.4 Å². The number of carbonyl (C=O) groups excluding carboxylic acids is 2. The van der Waals surface area contributed by atoms with E-state index in [2.05, 4.69) is 5.32 Å². The van der Waals surface area contributed by atoms with E-state index in [0.29, 0.717) is 37.2 Å². The molecule has 0 radical (unpaired) electrons. The molecule has 2 rings (SSSR count). The third kappa shape index (κ3) is 5.14. The van der Waals surface area contributed by atoms with Crippen LogP contribution in [0.25, 0.3) is 0 Å². The fraction of sp³-hybridized carbons (Fsp3) is 0.300. The summed E-state index contributed by atoms with van der Waals surface area (Å²) >= 11 is 0. The van der Waals surface area contributed by atoms with Crippen molar-refractivity contribution in [3.63, 3.8) is 0 Å². The smallest absolute Gasteiger partial charge is 0.253 e. The fourth-order valence-corrected chi connectivity index (χ4v) is 2.56. The Kier molecular flexibility index (Phi) is 6.69. The summed E-state index contributed by atoms with van der Waals surface area (Å²) in [6.07, 6.45) is 0.615. The Bertz CT molecular complexity index is 725. The number of carbonyl (C=O) groups is 2. The highest BCUT2D eigenvalue weighted by Crippen LogP contribution is 2.09. The Morgan fingerprint density at radius 2 is 1.64 bits per heavy atom. The highest BCUT2D eigenvalue weighted by atomic mass is 19.1. The van der Waals surface area contributed by atoms with E-state index < -0.39 is 0 Å². The molecule has 0 spiro atoms. The van der Waals surface area contributed by atoms with Crippen molar-refractivity contribution in [3.05, 3.63) is 71.0 Å². The highest BCUT2D eigenvalue weighted by molar-refractivity contribution is 5.99. The minimum Gasteiger partial charge on any atom is -0.352 e. The predicted molar refractivity (Wildman–Crippen MR) is 96.1 cm³/mol. The molecule has 0 aliphatic carbocycles. The first-order chi connectivity index (χ1) is 12.0. The molecular weight excluding hydrogens is 319 g/mol. The molecule has 0 aliphatic heterocycles. The minimum atomic E-state index is -0.275. The second-order valence-electron chi connectivity index (χ2n) is 5.69. The number of nitrogens with zero attached hydrogens (tertiary/aromatic N) is 1. The standard InChI is InChI=1S/C20H23FN2O2/c1-3-23(4-2)20(25)17-7-5-6-16(14-17)19(24)22-13-12-15-8-10-18(21)11-9-15/h5-11,14H,3-4,12-13H2,1-2H3,(H,22,24). The zero-order chi connectivity index (χ0) is 18.2. The van der Waals surface area contributed by atoms with Gasteiger partial charge in [-0.1, -0.05) is 18.2 Å². The van der Waals surface area contributed by atoms with E-state index in [9.17, 15) is 14.0 Å². The van der Waals surface area contributed by atoms with Crippen molar-refractivity contribution in [2.45, 2.75) is 20.3 Å². The normalized spacial score (nSPS) is 10.4. The van der Waals surface area contributed by atoms with Gasteiger partial charge in [0, 0.05) is 30.8 Å². The number of benzene rings is 2. The fourth-order valence-electron chi connectivity index (χ4n) is 2.56. The van der Waals surface area contributed by atoms with Gasteiger partial charge in [0.2, 0.25) is 0 Å². The van der Waals surface area contributed by atoms with Crippen LogP contribution < -0.4 is 5.32 Å². The molecular formula is C20H23FN2O2. The summed E-state index contributed by atoms with van der Waals surface area (Å²) in [5.74, 6) is -0.579. The molecule has 0 aromatic heterocycles. The summed E-state index contributed by atoms with van der Waals surface area (Å²) in [5.41, 5.74) is 1.92. The maximum absolute atomic E-state index is 12.9. The first kappa shape index (κ1) is 18.6. The number of nitrogens with one attached hydrogen (secondary N) is 1. The molecule has 1 N–H and O–H groups in total. The van der Waals surface area contributed by atoms with Crippen LogP contribution in [0.2, 0.25) is 0 Å². The average molecular weight is 342 g/mol. The molecule has 0 atom stereocenters. The van der Waals surface area contributed by atoms with Crippen molar-refractivity contribution >= 4 is 11.8 Å². The monoisotopic (exact) mass is 342 g/mol. The maximum Gasteiger partial charge on any atom is 0.253 e. The first-order valence-electron chi connectivity index (χ1n) is 8.47. The largest absolute Gasteiger partial charge is 0.352 e. The van der Waals surface area contributed by atoms with Crippen LogP contribution in [0.3, 0.4) is 0 Å². The van der Waals surface area contributed by atoms with E-state index >= 15 is 0 Å². The average Bonchev–Trinajstić information content (AvgIpc) is 2.64. The zero-order valence-electron chi connectivity index (χ0n) is 14.6. The molecule has 0 saturated heterocycles. The Hall–Kier alpha value is -2.69. The second kappa shape index (κ2) is 8.97. The van der Waals surface area contributed by atoms with Gasteiger partial charge in [-0.15, -0.1) is 0 Å². The molecule has 132 valence electrons. The lowest BCUT2D eigenvalue weighted by molar-refractivity contribution is 0.0773. The van der Waals surface area contributed by atoms with Crippen LogP contribution in [-0.4, -0.2) is 36.3 Å². The van der Waals surface area contributed by atoms with Crippen molar-refractivity contribution in [2.24, 2.45) is 0 Å². The molecule has 0 saturated carbocycles. The number of hydrogen-bond donors (Lipinski definition) is 1. The SMILES string of the molecule is CCN(CC)C(=O)c1cccc(C(=O)NCCc2ccc(F)cc2)c1. The van der Waals surface area contributed by atoms with Crippen molar-refractivity contribution in [2.75, 3.05) is 19.6 Å². The molecule has 2 aromatic carbocycles. The van der Waals surface area contributed by atoms with Crippen LogP contribution in [0.1, 0.15) is 40.1 Å². The van der Waals surface area contributed by atoms with Gasteiger partial charge < -0.3 is 10.2 Å². The number of amides is 2. The van der Waals surface area contributed by atoms with Crippen LogP contribution in [0.4, 0.5) is 4.39 Å². The molecule has 2 aromatic rings. The van der Waals surface area contributed by atoms with Gasteiger partial charge in [0.15, 0.2) is 0 Å². The van der Waals surface area contributed by atoms with Crippen molar-refractivity contribution in [1.29, 1.82) is 0 Å². The molecule has 0 fully saturated rings. The Labute approximate surface area is 147 Å². The molecule has 0 unspecified atom stereocenters. The summed E-state index contributed by atoms with van der Waals surface area (Å²) in [6.45, 7) is 5.55. The van der Waals surface area contributed by atoms with Gasteiger partial charge in [-0.2, -0.15) is 0 Å². The minimum absolute atomic E-state index is 0.0778. The first-order valence-corrected chi connectivity index (χ1v) is 8.47. The molecule has 4 nitrogen and oxygen atoms in total. The van der Waals surface area contributed by atoms with Crippen LogP contribution in [-0.2, 0) is 6.42 Å². The third-order valence-corrected chi connectivity index (χ3v) is 4.03. The quantitative estimate of drug-likeness (QED) is 0.839. The van der Waals surface area contributed by atoms with Crippen molar-refractivity contribution in [1.82, 2.24) is 10.2 Å². The summed E-state index contributed by atoms with van der Waals surface area (Å²) in [7, 11) is 0. The Morgan fingerprint density at radius 1 is 1.00 bits per heavy atom. The van der Waals surface area contributed by atoms with Crippen LogP contribution in [0.5, 0.6) is 0 Å². The van der Waals surface area contributed by atoms with Gasteiger partial charge in [-0.25, -0.2) is 4.39 Å². The summed E-state index contributed by atoms with van der Waals surface area (Å²) in [4.78, 5) is 26.4. The highest BCUT2D eigenvalue weighted by Gasteiger charge is 2.14. The van der Waals surface area contributed by atoms with Gasteiger partial charge in [-0.05, 0) is 56.2 Å². The Morgan fingerprint density at radius 3 is 2.28 bits per heavy atom. The summed E-state index contributed by atoms with van der Waals surface area (Å²) in [6, 6.07) is 12.9. The van der Waals surface area contributed by atoms with Crippen molar-refractivity contribution < 1.29 is 14.0 Å². The van der Waals surface area contributed by atoms with Gasteiger partial charge >= 0.3 is 0 Å². The van der Waals surface area contributed by atoms with Crippen LogP contribution in [0.15, 0.2) is 48.5 Å². The molecule has 25 heavy (non-hydrogen) atoms. The third-order valence-electron chi connectivity index (χ3n) is 4.03. The van der Waals surface area contributed by atoms with E-state index in [4.69, 9.17) is 0 Å². The van der Waals surface area contributed by atoms with Gasteiger partial charge in [0.1, 0.15) is 5.82 Å². The molecule has 0 aliphatic rings. The second-order valence-corrected chi connectivity index (χ2v) is 5.69. The van der Waals surface area contributed by atoms with Crippen molar-refractivity contribution in [3.8, 4) is 0 Å². The molecule has 0 bridgehead atoms. The lowest BCUT2D eigenvalue weighted by Gasteiger charge is -2.18. The summed E-state index contributed by atoms with van der Waals surface area (Å²) < 4.78 is 12.9. The molecule has 5 heteroatoms. The molecule has 2 amide bonds.